The summed E-state index contributed by atoms with van der Waals surface area (Å²) in [4.78, 5) is 62.2. The van der Waals surface area contributed by atoms with Crippen LogP contribution in [0.2, 0.25) is 0 Å². The van der Waals surface area contributed by atoms with Crippen molar-refractivity contribution >= 4 is 35.2 Å². The Bertz CT molecular complexity index is 988. The van der Waals surface area contributed by atoms with Crippen LogP contribution in [0.1, 0.15) is 84.9 Å². The zero-order chi connectivity index (χ0) is 24.1. The maximum Gasteiger partial charge on any atom is 0.264 e. The van der Waals surface area contributed by atoms with Gasteiger partial charge in [0.2, 0.25) is 17.7 Å². The number of carbonyl (C=O) groups excluding carboxylic acids is 5. The summed E-state index contributed by atoms with van der Waals surface area (Å²) in [5.74, 6) is -1.50. The van der Waals surface area contributed by atoms with E-state index in [0.29, 0.717) is 17.8 Å². The minimum atomic E-state index is -0.958. The monoisotopic (exact) mass is 468 g/mol. The number of benzene rings is 1. The van der Waals surface area contributed by atoms with E-state index in [1.807, 2.05) is 0 Å². The van der Waals surface area contributed by atoms with Crippen LogP contribution in [0.5, 0.6) is 0 Å². The molecule has 0 spiro atoms. The minimum absolute atomic E-state index is 0.101. The smallest absolute Gasteiger partial charge is 0.264 e. The summed E-state index contributed by atoms with van der Waals surface area (Å²) in [5.41, 5.74) is 1.18. The fourth-order valence-electron chi connectivity index (χ4n) is 4.54. The molecular formula is C25H32N4O5. The maximum atomic E-state index is 13.1. The van der Waals surface area contributed by atoms with Gasteiger partial charge in [-0.05, 0) is 44.2 Å². The Morgan fingerprint density at radius 1 is 0.912 bits per heavy atom. The predicted octanol–water partition coefficient (Wildman–Crippen LogP) is 2.37. The fourth-order valence-corrected chi connectivity index (χ4v) is 4.54. The molecule has 1 atom stereocenters. The van der Waals surface area contributed by atoms with E-state index in [2.05, 4.69) is 16.0 Å². The Morgan fingerprint density at radius 3 is 2.32 bits per heavy atom. The number of hydrogen-bond acceptors (Lipinski definition) is 6. The van der Waals surface area contributed by atoms with Gasteiger partial charge in [0.15, 0.2) is 0 Å². The van der Waals surface area contributed by atoms with Gasteiger partial charge in [-0.25, -0.2) is 0 Å². The highest BCUT2D eigenvalue weighted by Crippen LogP contribution is 2.32. The lowest BCUT2D eigenvalue weighted by atomic mass is 10.0. The van der Waals surface area contributed by atoms with Crippen molar-refractivity contribution < 1.29 is 24.0 Å². The third-order valence-electron chi connectivity index (χ3n) is 6.63. The van der Waals surface area contributed by atoms with Crippen molar-refractivity contribution in [3.63, 3.8) is 0 Å². The standard InChI is InChI=1S/C25H32N4O5/c30-20-13-12-19(23(32)28-20)29-24(33)17-8-7-9-18(21(17)25(29)34)26-14-5-3-1-2-4-6-15-27-22(31)16-10-11-16/h7-9,16,19,26H,1-6,10-15H2,(H,27,31)(H,28,30,32). The Hall–Kier alpha value is -3.23. The van der Waals surface area contributed by atoms with Crippen LogP contribution in [-0.4, -0.2) is 53.6 Å². The zero-order valence-corrected chi connectivity index (χ0v) is 19.4. The van der Waals surface area contributed by atoms with Crippen LogP contribution in [-0.2, 0) is 14.4 Å². The molecule has 3 aliphatic rings. The van der Waals surface area contributed by atoms with Gasteiger partial charge >= 0.3 is 0 Å². The maximum absolute atomic E-state index is 13.1. The molecule has 9 heteroatoms. The number of fused-ring (bicyclic) bond motifs is 1. The molecule has 182 valence electrons. The number of unbranched alkanes of at least 4 members (excludes halogenated alkanes) is 5. The average Bonchev–Trinajstić information content (AvgIpc) is 3.63. The molecule has 2 heterocycles. The van der Waals surface area contributed by atoms with E-state index >= 15 is 0 Å². The molecule has 34 heavy (non-hydrogen) atoms. The van der Waals surface area contributed by atoms with Crippen LogP contribution in [0.15, 0.2) is 18.2 Å². The van der Waals surface area contributed by atoms with Crippen LogP contribution >= 0.6 is 0 Å². The molecule has 5 amide bonds. The molecule has 2 aliphatic heterocycles. The molecule has 2 fully saturated rings. The molecule has 1 unspecified atom stereocenters. The molecule has 0 radical (unpaired) electrons. The van der Waals surface area contributed by atoms with E-state index in [4.69, 9.17) is 0 Å². The van der Waals surface area contributed by atoms with Crippen LogP contribution < -0.4 is 16.0 Å². The lowest BCUT2D eigenvalue weighted by molar-refractivity contribution is -0.136. The van der Waals surface area contributed by atoms with Gasteiger partial charge in [0.1, 0.15) is 6.04 Å². The highest BCUT2D eigenvalue weighted by atomic mass is 16.2. The van der Waals surface area contributed by atoms with Crippen LogP contribution in [0, 0.1) is 5.92 Å². The molecule has 0 aromatic heterocycles. The van der Waals surface area contributed by atoms with Gasteiger partial charge in [-0.1, -0.05) is 31.7 Å². The third-order valence-corrected chi connectivity index (χ3v) is 6.63. The van der Waals surface area contributed by atoms with E-state index in [-0.39, 0.29) is 36.1 Å². The highest BCUT2D eigenvalue weighted by Gasteiger charge is 2.45. The molecule has 9 nitrogen and oxygen atoms in total. The Labute approximate surface area is 199 Å². The number of hydrogen-bond donors (Lipinski definition) is 3. The van der Waals surface area contributed by atoms with Gasteiger partial charge in [-0.3, -0.25) is 34.2 Å². The van der Waals surface area contributed by atoms with Crippen LogP contribution in [0.25, 0.3) is 0 Å². The molecule has 1 saturated heterocycles. The normalized spacial score (nSPS) is 19.8. The number of carbonyl (C=O) groups is 5. The summed E-state index contributed by atoms with van der Waals surface area (Å²) >= 11 is 0. The predicted molar refractivity (Wildman–Crippen MR) is 125 cm³/mol. The van der Waals surface area contributed by atoms with Gasteiger partial charge in [-0.15, -0.1) is 0 Å². The Kier molecular flexibility index (Phi) is 7.59. The first kappa shape index (κ1) is 23.9. The highest BCUT2D eigenvalue weighted by molar-refractivity contribution is 6.25. The number of imide groups is 2. The fraction of sp³-hybridized carbons (Fsp3) is 0.560. The summed E-state index contributed by atoms with van der Waals surface area (Å²) in [7, 11) is 0. The number of nitrogens with zero attached hydrogens (tertiary/aromatic N) is 1. The van der Waals surface area contributed by atoms with E-state index in [1.165, 1.54) is 0 Å². The Balaban J connectivity index is 1.19. The quantitative estimate of drug-likeness (QED) is 0.320. The molecule has 3 N–H and O–H groups in total. The summed E-state index contributed by atoms with van der Waals surface area (Å²) in [5, 5.41) is 8.48. The minimum Gasteiger partial charge on any atom is -0.384 e. The second kappa shape index (κ2) is 10.8. The van der Waals surface area contributed by atoms with E-state index in [0.717, 1.165) is 62.8 Å². The van der Waals surface area contributed by atoms with Crippen molar-refractivity contribution in [3.05, 3.63) is 29.3 Å². The lowest BCUT2D eigenvalue weighted by Crippen LogP contribution is -2.54. The molecule has 0 bridgehead atoms. The summed E-state index contributed by atoms with van der Waals surface area (Å²) in [6, 6.07) is 4.13. The Morgan fingerprint density at radius 2 is 1.62 bits per heavy atom. The van der Waals surface area contributed by atoms with Crippen LogP contribution in [0.4, 0.5) is 5.69 Å². The SMILES string of the molecule is O=C1CCC(N2C(=O)c3cccc(NCCCCCCCCNC(=O)C4CC4)c3C2=O)C(=O)N1. The van der Waals surface area contributed by atoms with Gasteiger partial charge in [-0.2, -0.15) is 0 Å². The molecular weight excluding hydrogens is 436 g/mol. The van der Waals surface area contributed by atoms with Gasteiger partial charge in [0.05, 0.1) is 11.1 Å². The van der Waals surface area contributed by atoms with E-state index < -0.39 is 23.8 Å². The van der Waals surface area contributed by atoms with Crippen molar-refractivity contribution in [2.24, 2.45) is 5.92 Å². The molecule has 1 aliphatic carbocycles. The summed E-state index contributed by atoms with van der Waals surface area (Å²) < 4.78 is 0. The zero-order valence-electron chi connectivity index (χ0n) is 19.4. The first-order valence-electron chi connectivity index (χ1n) is 12.3. The van der Waals surface area contributed by atoms with Crippen molar-refractivity contribution in [3.8, 4) is 0 Å². The van der Waals surface area contributed by atoms with E-state index in [9.17, 15) is 24.0 Å². The van der Waals surface area contributed by atoms with Crippen molar-refractivity contribution in [2.45, 2.75) is 70.3 Å². The first-order chi connectivity index (χ1) is 16.5. The van der Waals surface area contributed by atoms with Crippen molar-refractivity contribution in [1.82, 2.24) is 15.5 Å². The van der Waals surface area contributed by atoms with E-state index in [1.54, 1.807) is 18.2 Å². The number of nitrogens with one attached hydrogen (secondary N) is 3. The first-order valence-corrected chi connectivity index (χ1v) is 12.3. The number of piperidine rings is 1. The molecule has 1 saturated carbocycles. The van der Waals surface area contributed by atoms with Crippen molar-refractivity contribution in [1.29, 1.82) is 0 Å². The third kappa shape index (κ3) is 5.46. The molecule has 1 aromatic carbocycles. The molecule has 1 aromatic rings. The topological polar surface area (TPSA) is 125 Å². The summed E-state index contributed by atoms with van der Waals surface area (Å²) in [6.07, 6.45) is 8.62. The van der Waals surface area contributed by atoms with Gasteiger partial charge < -0.3 is 10.6 Å². The average molecular weight is 469 g/mol. The lowest BCUT2D eigenvalue weighted by Gasteiger charge is -2.27. The largest absolute Gasteiger partial charge is 0.384 e. The van der Waals surface area contributed by atoms with Crippen molar-refractivity contribution in [2.75, 3.05) is 18.4 Å². The summed E-state index contributed by atoms with van der Waals surface area (Å²) in [6.45, 7) is 1.44. The van der Waals surface area contributed by atoms with Crippen LogP contribution in [0.3, 0.4) is 0 Å². The van der Waals surface area contributed by atoms with Gasteiger partial charge in [0, 0.05) is 31.1 Å². The molecule has 4 rings (SSSR count). The number of amides is 5. The second-order valence-corrected chi connectivity index (χ2v) is 9.29. The second-order valence-electron chi connectivity index (χ2n) is 9.29. The van der Waals surface area contributed by atoms with Gasteiger partial charge in [0.25, 0.3) is 11.8 Å². The number of anilines is 1. The number of rotatable bonds is 12.